The van der Waals surface area contributed by atoms with E-state index in [4.69, 9.17) is 9.84 Å². The third kappa shape index (κ3) is 1.30. The summed E-state index contributed by atoms with van der Waals surface area (Å²) in [5.74, 6) is -0.102. The summed E-state index contributed by atoms with van der Waals surface area (Å²) in [5.41, 5.74) is 0.568. The van der Waals surface area contributed by atoms with Gasteiger partial charge in [-0.05, 0) is 44.2 Å². The van der Waals surface area contributed by atoms with Gasteiger partial charge < -0.3 is 9.84 Å². The number of carboxylic acid groups (broad SMARTS) is 1. The molecule has 1 aromatic carbocycles. The maximum Gasteiger partial charge on any atom is 0.335 e. The molecule has 2 aliphatic heterocycles. The number of aromatic carboxylic acids is 1. The highest BCUT2D eigenvalue weighted by molar-refractivity contribution is 5.87. The summed E-state index contributed by atoms with van der Waals surface area (Å²) in [6.07, 6.45) is 4.76. The second-order valence-corrected chi connectivity index (χ2v) is 6.14. The van der Waals surface area contributed by atoms with Crippen molar-refractivity contribution >= 4 is 5.97 Å². The molecular formula is C15H17NO3. The SMILES string of the molecule is CN1C2CCC13C[C@@]3(Oc1ccc(C(=O)O)cc1)C2. The number of rotatable bonds is 3. The van der Waals surface area contributed by atoms with Crippen molar-refractivity contribution in [3.63, 3.8) is 0 Å². The number of likely N-dealkylation sites (N-methyl/N-ethyl adjacent to an activating group) is 1. The zero-order valence-corrected chi connectivity index (χ0v) is 10.9. The fourth-order valence-corrected chi connectivity index (χ4v) is 4.26. The molecular weight excluding hydrogens is 242 g/mol. The molecule has 0 radical (unpaired) electrons. The summed E-state index contributed by atoms with van der Waals surface area (Å²) < 4.78 is 6.23. The number of nitrogens with zero attached hydrogens (tertiary/aromatic N) is 1. The Morgan fingerprint density at radius 2 is 2.16 bits per heavy atom. The van der Waals surface area contributed by atoms with E-state index in [0.717, 1.165) is 18.6 Å². The van der Waals surface area contributed by atoms with Crippen molar-refractivity contribution < 1.29 is 14.6 Å². The van der Waals surface area contributed by atoms with Gasteiger partial charge in [0, 0.05) is 18.9 Å². The van der Waals surface area contributed by atoms with Gasteiger partial charge in [-0.2, -0.15) is 0 Å². The third-order valence-corrected chi connectivity index (χ3v) is 5.39. The second kappa shape index (κ2) is 3.31. The van der Waals surface area contributed by atoms with E-state index in [2.05, 4.69) is 11.9 Å². The van der Waals surface area contributed by atoms with Gasteiger partial charge in [-0.15, -0.1) is 0 Å². The molecule has 4 heteroatoms. The van der Waals surface area contributed by atoms with Crippen molar-refractivity contribution in [2.24, 2.45) is 0 Å². The van der Waals surface area contributed by atoms with E-state index in [0.29, 0.717) is 11.6 Å². The monoisotopic (exact) mass is 259 g/mol. The van der Waals surface area contributed by atoms with E-state index in [1.807, 2.05) is 0 Å². The predicted octanol–water partition coefficient (Wildman–Crippen LogP) is 2.14. The molecule has 2 heterocycles. The summed E-state index contributed by atoms with van der Waals surface area (Å²) >= 11 is 0. The van der Waals surface area contributed by atoms with Crippen molar-refractivity contribution in [2.75, 3.05) is 7.05 Å². The molecule has 4 nitrogen and oxygen atoms in total. The van der Waals surface area contributed by atoms with E-state index >= 15 is 0 Å². The molecule has 1 aromatic rings. The van der Waals surface area contributed by atoms with Gasteiger partial charge in [0.1, 0.15) is 11.4 Å². The number of hydrogen-bond acceptors (Lipinski definition) is 3. The van der Waals surface area contributed by atoms with Crippen molar-refractivity contribution in [3.05, 3.63) is 29.8 Å². The zero-order valence-electron chi connectivity index (χ0n) is 10.9. The Hall–Kier alpha value is -1.55. The molecule has 19 heavy (non-hydrogen) atoms. The predicted molar refractivity (Wildman–Crippen MR) is 69.5 cm³/mol. The van der Waals surface area contributed by atoms with E-state index in [1.165, 1.54) is 12.8 Å². The second-order valence-electron chi connectivity index (χ2n) is 6.14. The number of fused-ring (bicyclic) bond motifs is 1. The lowest BCUT2D eigenvalue weighted by Gasteiger charge is -2.22. The standard InChI is InChI=1S/C15H17NO3/c1-16-11-6-7-14(16)9-15(14,8-11)19-12-4-2-10(3-5-12)13(17)18/h2-5,11H,6-9H2,1H3,(H,17,18)/t11?,14?,15-/m0/s1. The molecule has 1 spiro atoms. The zero-order chi connectivity index (χ0) is 13.3. The van der Waals surface area contributed by atoms with Gasteiger partial charge in [0.05, 0.1) is 11.1 Å². The first kappa shape index (κ1) is 11.3. The van der Waals surface area contributed by atoms with Crippen LogP contribution in [0, 0.1) is 0 Å². The van der Waals surface area contributed by atoms with Gasteiger partial charge in [-0.1, -0.05) is 0 Å². The smallest absolute Gasteiger partial charge is 0.335 e. The molecule has 4 rings (SSSR count). The van der Waals surface area contributed by atoms with Gasteiger partial charge in [0.25, 0.3) is 0 Å². The Kier molecular flexibility index (Phi) is 1.97. The van der Waals surface area contributed by atoms with Crippen LogP contribution in [0.25, 0.3) is 0 Å². The number of carbonyl (C=O) groups is 1. The van der Waals surface area contributed by atoms with Crippen molar-refractivity contribution in [1.29, 1.82) is 0 Å². The minimum atomic E-state index is -0.896. The Labute approximate surface area is 112 Å². The summed E-state index contributed by atoms with van der Waals surface area (Å²) in [6, 6.07) is 7.44. The van der Waals surface area contributed by atoms with E-state index < -0.39 is 5.97 Å². The van der Waals surface area contributed by atoms with Gasteiger partial charge in [0.2, 0.25) is 0 Å². The highest BCUT2D eigenvalue weighted by Crippen LogP contribution is 2.69. The molecule has 2 unspecified atom stereocenters. The maximum absolute atomic E-state index is 10.8. The van der Waals surface area contributed by atoms with Crippen LogP contribution in [0.1, 0.15) is 36.0 Å². The Bertz CT molecular complexity index is 555. The lowest BCUT2D eigenvalue weighted by molar-refractivity contribution is 0.0697. The first-order valence-corrected chi connectivity index (χ1v) is 6.82. The Morgan fingerprint density at radius 3 is 2.68 bits per heavy atom. The van der Waals surface area contributed by atoms with Crippen LogP contribution in [0.5, 0.6) is 5.75 Å². The number of carboxylic acids is 1. The van der Waals surface area contributed by atoms with Crippen LogP contribution < -0.4 is 4.74 Å². The summed E-state index contributed by atoms with van der Waals surface area (Å²) in [6.45, 7) is 0. The molecule has 1 aliphatic carbocycles. The van der Waals surface area contributed by atoms with Crippen molar-refractivity contribution in [2.45, 2.75) is 42.9 Å². The van der Waals surface area contributed by atoms with Crippen LogP contribution in [0.15, 0.2) is 24.3 Å². The van der Waals surface area contributed by atoms with Gasteiger partial charge in [0.15, 0.2) is 0 Å². The lowest BCUT2D eigenvalue weighted by Crippen LogP contribution is -2.33. The molecule has 2 saturated heterocycles. The molecule has 0 amide bonds. The fourth-order valence-electron chi connectivity index (χ4n) is 4.26. The van der Waals surface area contributed by atoms with Crippen molar-refractivity contribution in [1.82, 2.24) is 4.90 Å². The normalized spacial score (nSPS) is 39.1. The average Bonchev–Trinajstić information content (AvgIpc) is 2.91. The molecule has 100 valence electrons. The largest absolute Gasteiger partial charge is 0.485 e. The Morgan fingerprint density at radius 1 is 1.42 bits per heavy atom. The van der Waals surface area contributed by atoms with Crippen LogP contribution in [0.2, 0.25) is 0 Å². The summed E-state index contributed by atoms with van der Waals surface area (Å²) in [7, 11) is 2.21. The highest BCUT2D eigenvalue weighted by Gasteiger charge is 2.80. The Balaban J connectivity index is 1.56. The molecule has 3 fully saturated rings. The molecule has 1 saturated carbocycles. The number of piperidine rings is 1. The summed E-state index contributed by atoms with van der Waals surface area (Å²) in [5, 5.41) is 8.89. The fraction of sp³-hybridized carbons (Fsp3) is 0.533. The molecule has 1 N–H and O–H groups in total. The molecule has 3 atom stereocenters. The maximum atomic E-state index is 10.8. The topological polar surface area (TPSA) is 49.8 Å². The van der Waals surface area contributed by atoms with Crippen LogP contribution in [-0.4, -0.2) is 40.2 Å². The van der Waals surface area contributed by atoms with Crippen molar-refractivity contribution in [3.8, 4) is 5.75 Å². The molecule has 3 aliphatic rings. The minimum Gasteiger partial charge on any atom is -0.485 e. The molecule has 2 bridgehead atoms. The van der Waals surface area contributed by atoms with Crippen LogP contribution in [-0.2, 0) is 0 Å². The van der Waals surface area contributed by atoms with E-state index in [1.54, 1.807) is 24.3 Å². The van der Waals surface area contributed by atoms with E-state index in [9.17, 15) is 4.79 Å². The first-order chi connectivity index (χ1) is 9.06. The quantitative estimate of drug-likeness (QED) is 0.903. The van der Waals surface area contributed by atoms with Gasteiger partial charge in [-0.3, -0.25) is 4.90 Å². The average molecular weight is 259 g/mol. The molecule has 0 aromatic heterocycles. The highest BCUT2D eigenvalue weighted by atomic mass is 16.5. The number of ether oxygens (including phenoxy) is 1. The van der Waals surface area contributed by atoms with Gasteiger partial charge >= 0.3 is 5.97 Å². The van der Waals surface area contributed by atoms with Crippen LogP contribution in [0.3, 0.4) is 0 Å². The number of benzene rings is 1. The summed E-state index contributed by atoms with van der Waals surface area (Å²) in [4.78, 5) is 13.3. The number of hydrogen-bond donors (Lipinski definition) is 1. The minimum absolute atomic E-state index is 0.00456. The van der Waals surface area contributed by atoms with Gasteiger partial charge in [-0.25, -0.2) is 4.79 Å². The first-order valence-electron chi connectivity index (χ1n) is 6.82. The van der Waals surface area contributed by atoms with E-state index in [-0.39, 0.29) is 11.1 Å². The third-order valence-electron chi connectivity index (χ3n) is 5.39. The van der Waals surface area contributed by atoms with Crippen LogP contribution >= 0.6 is 0 Å². The van der Waals surface area contributed by atoms with Crippen LogP contribution in [0.4, 0.5) is 0 Å². The lowest BCUT2D eigenvalue weighted by atomic mass is 9.98.